The molecule has 0 unspecified atom stereocenters. The van der Waals surface area contributed by atoms with Crippen molar-refractivity contribution in [3.8, 4) is 0 Å². The first-order valence-corrected chi connectivity index (χ1v) is 11.3. The summed E-state index contributed by atoms with van der Waals surface area (Å²) < 4.78 is 78.4. The van der Waals surface area contributed by atoms with Gasteiger partial charge in [0, 0.05) is 24.9 Å². The van der Waals surface area contributed by atoms with E-state index in [4.69, 9.17) is 0 Å². The van der Waals surface area contributed by atoms with Gasteiger partial charge in [0.2, 0.25) is 0 Å². The molecule has 0 amide bonds. The lowest BCUT2D eigenvalue weighted by atomic mass is 9.79. The number of benzene rings is 1. The molecule has 0 radical (unpaired) electrons. The third kappa shape index (κ3) is 8.83. The van der Waals surface area contributed by atoms with Crippen LogP contribution in [0.25, 0.3) is 0 Å². The number of halogens is 6. The minimum Gasteiger partial charge on any atom is -0.481 e. The standard InChI is InChI=1S/C24H33F6NO2/c1-22(2,3)12-10-19(11-13-23(25,26)27)31-14-4-5-17(15-20(32)33)21(31)16-6-8-18(9-7-16)24(28,29)30/h6-9,17,19,21H,4-5,10-15H2,1-3H3,(H,32,33)/t17-,19-,21-/m1/s1. The zero-order valence-corrected chi connectivity index (χ0v) is 19.3. The van der Waals surface area contributed by atoms with Gasteiger partial charge in [-0.3, -0.25) is 9.69 Å². The molecule has 1 saturated heterocycles. The minimum atomic E-state index is -4.51. The number of aliphatic carboxylic acids is 1. The van der Waals surface area contributed by atoms with E-state index >= 15 is 0 Å². The number of nitrogens with zero attached hydrogens (tertiary/aromatic N) is 1. The summed E-state index contributed by atoms with van der Waals surface area (Å²) in [6.07, 6.45) is -7.74. The average molecular weight is 482 g/mol. The maximum atomic E-state index is 13.1. The lowest BCUT2D eigenvalue weighted by molar-refractivity contribution is -0.141. The predicted molar refractivity (Wildman–Crippen MR) is 114 cm³/mol. The molecule has 0 aromatic heterocycles. The van der Waals surface area contributed by atoms with Crippen LogP contribution in [0.1, 0.15) is 82.9 Å². The monoisotopic (exact) mass is 481 g/mol. The molecule has 1 N–H and O–H groups in total. The van der Waals surface area contributed by atoms with Gasteiger partial charge in [-0.15, -0.1) is 0 Å². The summed E-state index contributed by atoms with van der Waals surface area (Å²) in [5.41, 5.74) is -0.400. The summed E-state index contributed by atoms with van der Waals surface area (Å²) in [6.45, 7) is 6.49. The van der Waals surface area contributed by atoms with Gasteiger partial charge in [0.1, 0.15) is 0 Å². The third-order valence-corrected chi connectivity index (χ3v) is 6.27. The topological polar surface area (TPSA) is 40.5 Å². The molecule has 1 aromatic rings. The van der Waals surface area contributed by atoms with Crippen molar-refractivity contribution in [3.05, 3.63) is 35.4 Å². The van der Waals surface area contributed by atoms with Crippen LogP contribution >= 0.6 is 0 Å². The number of carbonyl (C=O) groups is 1. The highest BCUT2D eigenvalue weighted by Gasteiger charge is 2.40. The second-order valence-electron chi connectivity index (χ2n) is 10.2. The van der Waals surface area contributed by atoms with E-state index in [9.17, 15) is 36.2 Å². The van der Waals surface area contributed by atoms with Gasteiger partial charge in [0.15, 0.2) is 0 Å². The molecule has 3 atom stereocenters. The molecule has 1 aliphatic rings. The van der Waals surface area contributed by atoms with Crippen LogP contribution in [0.5, 0.6) is 0 Å². The van der Waals surface area contributed by atoms with Gasteiger partial charge < -0.3 is 5.11 Å². The fourth-order valence-corrected chi connectivity index (χ4v) is 4.69. The number of rotatable bonds is 8. The van der Waals surface area contributed by atoms with Gasteiger partial charge in [-0.1, -0.05) is 32.9 Å². The molecule has 2 rings (SSSR count). The number of carboxylic acid groups (broad SMARTS) is 1. The maximum absolute atomic E-state index is 13.1. The quantitative estimate of drug-likeness (QED) is 0.392. The Morgan fingerprint density at radius 2 is 1.61 bits per heavy atom. The number of piperidine rings is 1. The van der Waals surface area contributed by atoms with Crippen molar-refractivity contribution in [2.24, 2.45) is 11.3 Å². The van der Waals surface area contributed by atoms with Gasteiger partial charge in [-0.25, -0.2) is 0 Å². The summed E-state index contributed by atoms with van der Waals surface area (Å²) in [5.74, 6) is -1.42. The fourth-order valence-electron chi connectivity index (χ4n) is 4.69. The van der Waals surface area contributed by atoms with Crippen LogP contribution in [0.15, 0.2) is 24.3 Å². The van der Waals surface area contributed by atoms with E-state index in [-0.39, 0.29) is 18.3 Å². The van der Waals surface area contributed by atoms with Crippen molar-refractivity contribution >= 4 is 5.97 Å². The van der Waals surface area contributed by atoms with Crippen LogP contribution in [0.2, 0.25) is 0 Å². The molecule has 0 saturated carbocycles. The van der Waals surface area contributed by atoms with Crippen molar-refractivity contribution in [1.29, 1.82) is 0 Å². The Balaban J connectivity index is 2.42. The van der Waals surface area contributed by atoms with Gasteiger partial charge in [0.25, 0.3) is 0 Å². The zero-order valence-electron chi connectivity index (χ0n) is 19.3. The van der Waals surface area contributed by atoms with Gasteiger partial charge in [-0.05, 0) is 67.7 Å². The van der Waals surface area contributed by atoms with E-state index in [0.29, 0.717) is 37.8 Å². The molecule has 1 fully saturated rings. The lowest BCUT2D eigenvalue weighted by Gasteiger charge is -2.46. The number of hydrogen-bond donors (Lipinski definition) is 1. The molecule has 3 nitrogen and oxygen atoms in total. The summed E-state index contributed by atoms with van der Waals surface area (Å²) in [6, 6.07) is 3.60. The number of alkyl halides is 6. The van der Waals surface area contributed by atoms with Gasteiger partial charge >= 0.3 is 18.3 Å². The van der Waals surface area contributed by atoms with E-state index in [1.165, 1.54) is 12.1 Å². The summed E-state index contributed by atoms with van der Waals surface area (Å²) in [4.78, 5) is 13.4. The largest absolute Gasteiger partial charge is 0.481 e. The van der Waals surface area contributed by atoms with Gasteiger partial charge in [0.05, 0.1) is 5.56 Å². The minimum absolute atomic E-state index is 0.101. The van der Waals surface area contributed by atoms with Crippen molar-refractivity contribution in [3.63, 3.8) is 0 Å². The highest BCUT2D eigenvalue weighted by molar-refractivity contribution is 5.67. The van der Waals surface area contributed by atoms with Crippen molar-refractivity contribution < 1.29 is 36.2 Å². The molecule has 1 aliphatic heterocycles. The number of hydrogen-bond acceptors (Lipinski definition) is 2. The summed E-state index contributed by atoms with van der Waals surface area (Å²) in [5, 5.41) is 9.41. The molecule has 188 valence electrons. The molecule has 0 aliphatic carbocycles. The molecular weight excluding hydrogens is 448 g/mol. The second-order valence-corrected chi connectivity index (χ2v) is 10.2. The number of carboxylic acids is 1. The van der Waals surface area contributed by atoms with E-state index in [1.807, 2.05) is 25.7 Å². The van der Waals surface area contributed by atoms with Crippen LogP contribution in [-0.4, -0.2) is 34.7 Å². The molecule has 1 aromatic carbocycles. The fraction of sp³-hybridized carbons (Fsp3) is 0.708. The Morgan fingerprint density at radius 3 is 2.09 bits per heavy atom. The Labute approximate surface area is 191 Å². The normalized spacial score (nSPS) is 21.7. The Kier molecular flexibility index (Phi) is 8.87. The maximum Gasteiger partial charge on any atom is 0.416 e. The third-order valence-electron chi connectivity index (χ3n) is 6.27. The summed E-state index contributed by atoms with van der Waals surface area (Å²) >= 11 is 0. The molecular formula is C24H33F6NO2. The Bertz CT molecular complexity index is 749. The predicted octanol–water partition coefficient (Wildman–Crippen LogP) is 7.47. The molecule has 0 spiro atoms. The highest BCUT2D eigenvalue weighted by atomic mass is 19.4. The van der Waals surface area contributed by atoms with Crippen molar-refractivity contribution in [1.82, 2.24) is 4.90 Å². The van der Waals surface area contributed by atoms with E-state index in [0.717, 1.165) is 12.1 Å². The Hall–Kier alpha value is -1.77. The van der Waals surface area contributed by atoms with E-state index in [2.05, 4.69) is 0 Å². The molecule has 33 heavy (non-hydrogen) atoms. The van der Waals surface area contributed by atoms with Crippen LogP contribution in [-0.2, 0) is 11.0 Å². The first kappa shape index (κ1) is 27.5. The zero-order chi connectivity index (χ0) is 25.0. The van der Waals surface area contributed by atoms with Gasteiger partial charge in [-0.2, -0.15) is 26.3 Å². The van der Waals surface area contributed by atoms with Crippen LogP contribution in [0.4, 0.5) is 26.3 Å². The van der Waals surface area contributed by atoms with E-state index < -0.39 is 48.3 Å². The van der Waals surface area contributed by atoms with Crippen LogP contribution in [0, 0.1) is 11.3 Å². The first-order chi connectivity index (χ1) is 15.1. The van der Waals surface area contributed by atoms with Crippen LogP contribution < -0.4 is 0 Å². The SMILES string of the molecule is CC(C)(C)CC[C@H](CCC(F)(F)F)N1CCC[C@H](CC(=O)O)[C@H]1c1ccc(C(F)(F)F)cc1. The average Bonchev–Trinajstić information content (AvgIpc) is 2.65. The smallest absolute Gasteiger partial charge is 0.416 e. The molecule has 1 heterocycles. The van der Waals surface area contributed by atoms with Crippen molar-refractivity contribution in [2.75, 3.05) is 6.54 Å². The summed E-state index contributed by atoms with van der Waals surface area (Å²) in [7, 11) is 0. The molecule has 9 heteroatoms. The first-order valence-electron chi connectivity index (χ1n) is 11.3. The second kappa shape index (κ2) is 10.7. The lowest BCUT2D eigenvalue weighted by Crippen LogP contribution is -2.46. The molecule has 0 bridgehead atoms. The van der Waals surface area contributed by atoms with Crippen molar-refractivity contribution in [2.45, 2.75) is 90.2 Å². The van der Waals surface area contributed by atoms with Crippen LogP contribution in [0.3, 0.4) is 0 Å². The highest BCUT2D eigenvalue weighted by Crippen LogP contribution is 2.43. The van der Waals surface area contributed by atoms with E-state index in [1.54, 1.807) is 0 Å². The Morgan fingerprint density at radius 1 is 1.03 bits per heavy atom. The number of likely N-dealkylation sites (tertiary alicyclic amines) is 1.